The van der Waals surface area contributed by atoms with Crippen molar-refractivity contribution in [2.45, 2.75) is 12.1 Å². The molecule has 1 N–H and O–H groups in total. The smallest absolute Gasteiger partial charge is 0.266 e. The van der Waals surface area contributed by atoms with E-state index < -0.39 is 24.0 Å². The number of fused-ring (bicyclic) bond motifs is 1. The van der Waals surface area contributed by atoms with Crippen molar-refractivity contribution in [3.8, 4) is 5.75 Å². The van der Waals surface area contributed by atoms with E-state index in [1.165, 1.54) is 4.90 Å². The Hall–Kier alpha value is -2.68. The minimum atomic E-state index is -0.986. The van der Waals surface area contributed by atoms with Gasteiger partial charge in [0, 0.05) is 14.5 Å². The first-order valence-corrected chi connectivity index (χ1v) is 11.2. The Kier molecular flexibility index (Phi) is 5.08. The summed E-state index contributed by atoms with van der Waals surface area (Å²) in [6.07, 6.45) is -0.986. The van der Waals surface area contributed by atoms with Gasteiger partial charge in [-0.3, -0.25) is 14.4 Å². The number of para-hydroxylation sites is 1. The average Bonchev–Trinajstić information content (AvgIpc) is 3.28. The molecule has 0 unspecified atom stereocenters. The molecule has 3 aromatic carbocycles. The lowest BCUT2D eigenvalue weighted by atomic mass is 9.90. The van der Waals surface area contributed by atoms with Crippen LogP contribution >= 0.6 is 31.9 Å². The molecule has 2 heterocycles. The standard InChI is InChI=1S/C23H16Br2N2O4/c24-13-6-9-15(10-7-13)26-22(29)19-20(17-12-14(25)8-11-18(17)28)27(31-21(19)23(26)30)16-4-2-1-3-5-16/h1-12,19-21,28H/t19-,20-,21-/m1/s1. The van der Waals surface area contributed by atoms with Crippen molar-refractivity contribution in [1.82, 2.24) is 0 Å². The number of amides is 2. The van der Waals surface area contributed by atoms with Gasteiger partial charge in [0.15, 0.2) is 6.10 Å². The number of benzene rings is 3. The number of nitrogens with zero attached hydrogens (tertiary/aromatic N) is 2. The highest BCUT2D eigenvalue weighted by Crippen LogP contribution is 2.49. The van der Waals surface area contributed by atoms with Gasteiger partial charge in [-0.1, -0.05) is 50.1 Å². The lowest BCUT2D eigenvalue weighted by Crippen LogP contribution is -2.37. The summed E-state index contributed by atoms with van der Waals surface area (Å²) in [5.74, 6) is -1.56. The van der Waals surface area contributed by atoms with Crippen molar-refractivity contribution in [2.75, 3.05) is 9.96 Å². The van der Waals surface area contributed by atoms with E-state index in [0.29, 0.717) is 16.9 Å². The first-order valence-electron chi connectivity index (χ1n) is 9.58. The fourth-order valence-electron chi connectivity index (χ4n) is 4.14. The van der Waals surface area contributed by atoms with Gasteiger partial charge >= 0.3 is 0 Å². The topological polar surface area (TPSA) is 70.1 Å². The Labute approximate surface area is 195 Å². The zero-order valence-corrected chi connectivity index (χ0v) is 19.2. The fourth-order valence-corrected chi connectivity index (χ4v) is 4.78. The van der Waals surface area contributed by atoms with Gasteiger partial charge in [-0.05, 0) is 54.6 Å². The van der Waals surface area contributed by atoms with Crippen molar-refractivity contribution < 1.29 is 19.5 Å². The van der Waals surface area contributed by atoms with Crippen molar-refractivity contribution >= 4 is 55.0 Å². The van der Waals surface area contributed by atoms with E-state index in [-0.39, 0.29) is 11.7 Å². The van der Waals surface area contributed by atoms with Crippen LogP contribution in [-0.2, 0) is 14.4 Å². The summed E-state index contributed by atoms with van der Waals surface area (Å²) in [4.78, 5) is 34.0. The van der Waals surface area contributed by atoms with Gasteiger partial charge in [0.1, 0.15) is 11.7 Å². The summed E-state index contributed by atoms with van der Waals surface area (Å²) in [6, 6.07) is 20.6. The highest BCUT2D eigenvalue weighted by molar-refractivity contribution is 9.10. The van der Waals surface area contributed by atoms with E-state index in [1.54, 1.807) is 47.5 Å². The van der Waals surface area contributed by atoms with Crippen LogP contribution in [0.3, 0.4) is 0 Å². The van der Waals surface area contributed by atoms with Crippen LogP contribution in [0.4, 0.5) is 11.4 Å². The number of anilines is 2. The molecule has 3 aromatic rings. The van der Waals surface area contributed by atoms with Crippen LogP contribution in [0, 0.1) is 5.92 Å². The molecule has 0 aromatic heterocycles. The van der Waals surface area contributed by atoms with Gasteiger partial charge in [0.25, 0.3) is 5.91 Å². The molecule has 2 amide bonds. The number of hydrogen-bond acceptors (Lipinski definition) is 5. The summed E-state index contributed by atoms with van der Waals surface area (Å²) in [7, 11) is 0. The van der Waals surface area contributed by atoms with Crippen LogP contribution in [-0.4, -0.2) is 23.0 Å². The molecule has 31 heavy (non-hydrogen) atoms. The third-order valence-electron chi connectivity index (χ3n) is 5.52. The number of phenols is 1. The Balaban J connectivity index is 1.62. The van der Waals surface area contributed by atoms with E-state index in [2.05, 4.69) is 31.9 Å². The van der Waals surface area contributed by atoms with Gasteiger partial charge in [0.2, 0.25) is 5.91 Å². The second kappa shape index (κ2) is 7.78. The molecule has 6 nitrogen and oxygen atoms in total. The van der Waals surface area contributed by atoms with Crippen LogP contribution in [0.1, 0.15) is 11.6 Å². The maximum absolute atomic E-state index is 13.5. The van der Waals surface area contributed by atoms with E-state index in [1.807, 2.05) is 30.3 Å². The quantitative estimate of drug-likeness (QED) is 0.472. The minimum absolute atomic E-state index is 0.0284. The van der Waals surface area contributed by atoms with Crippen molar-refractivity contribution in [3.05, 3.63) is 87.3 Å². The molecule has 5 rings (SSSR count). The highest BCUT2D eigenvalue weighted by atomic mass is 79.9. The molecule has 2 fully saturated rings. The van der Waals surface area contributed by atoms with Gasteiger partial charge in [-0.2, -0.15) is 0 Å². The van der Waals surface area contributed by atoms with Crippen molar-refractivity contribution in [3.63, 3.8) is 0 Å². The van der Waals surface area contributed by atoms with Crippen LogP contribution < -0.4 is 9.96 Å². The molecule has 2 saturated heterocycles. The predicted octanol–water partition coefficient (Wildman–Crippen LogP) is 4.97. The summed E-state index contributed by atoms with van der Waals surface area (Å²) >= 11 is 6.81. The molecular weight excluding hydrogens is 528 g/mol. The van der Waals surface area contributed by atoms with Crippen LogP contribution in [0.25, 0.3) is 0 Å². The van der Waals surface area contributed by atoms with Crippen LogP contribution in [0.15, 0.2) is 81.7 Å². The predicted molar refractivity (Wildman–Crippen MR) is 122 cm³/mol. The molecule has 3 atom stereocenters. The number of hydrogen-bond donors (Lipinski definition) is 1. The third-order valence-corrected chi connectivity index (χ3v) is 6.54. The van der Waals surface area contributed by atoms with Gasteiger partial charge < -0.3 is 5.11 Å². The second-order valence-corrected chi connectivity index (χ2v) is 9.18. The summed E-state index contributed by atoms with van der Waals surface area (Å²) in [5.41, 5.74) is 1.68. The van der Waals surface area contributed by atoms with Crippen LogP contribution in [0.5, 0.6) is 5.75 Å². The molecule has 0 bridgehead atoms. The minimum Gasteiger partial charge on any atom is -0.508 e. The Morgan fingerprint density at radius 3 is 2.19 bits per heavy atom. The van der Waals surface area contributed by atoms with Gasteiger partial charge in [0.05, 0.1) is 17.4 Å². The number of carbonyl (C=O) groups is 2. The summed E-state index contributed by atoms with van der Waals surface area (Å²) in [5, 5.41) is 12.2. The maximum atomic E-state index is 13.5. The molecule has 156 valence electrons. The average molecular weight is 544 g/mol. The lowest BCUT2D eigenvalue weighted by Gasteiger charge is -2.29. The third kappa shape index (κ3) is 3.35. The summed E-state index contributed by atoms with van der Waals surface area (Å²) in [6.45, 7) is 0. The molecule has 0 aliphatic carbocycles. The number of carbonyl (C=O) groups excluding carboxylic acids is 2. The first kappa shape index (κ1) is 20.2. The normalized spacial score (nSPS) is 22.8. The van der Waals surface area contributed by atoms with E-state index in [9.17, 15) is 14.7 Å². The Bertz CT molecular complexity index is 1170. The van der Waals surface area contributed by atoms with Gasteiger partial charge in [-0.25, -0.2) is 9.96 Å². The number of imide groups is 1. The SMILES string of the molecule is O=C1[C@@H]2[C@@H](c3cc(Br)ccc3O)N(c3ccccc3)O[C@H]2C(=O)N1c1ccc(Br)cc1. The molecule has 2 aliphatic rings. The zero-order valence-electron chi connectivity index (χ0n) is 16.0. The zero-order chi connectivity index (χ0) is 21.7. The monoisotopic (exact) mass is 542 g/mol. The molecular formula is C23H16Br2N2O4. The van der Waals surface area contributed by atoms with Crippen molar-refractivity contribution in [1.29, 1.82) is 0 Å². The highest BCUT2D eigenvalue weighted by Gasteiger charge is 2.60. The number of phenolic OH excluding ortho intramolecular Hbond substituents is 1. The first-order chi connectivity index (χ1) is 15.0. The van der Waals surface area contributed by atoms with Crippen LogP contribution in [0.2, 0.25) is 0 Å². The van der Waals surface area contributed by atoms with E-state index in [4.69, 9.17) is 4.84 Å². The number of halogens is 2. The lowest BCUT2D eigenvalue weighted by molar-refractivity contribution is -0.126. The van der Waals surface area contributed by atoms with E-state index >= 15 is 0 Å². The number of hydroxylamine groups is 1. The number of aromatic hydroxyl groups is 1. The largest absolute Gasteiger partial charge is 0.508 e. The molecule has 0 radical (unpaired) electrons. The fraction of sp³-hybridized carbons (Fsp3) is 0.130. The molecule has 8 heteroatoms. The second-order valence-electron chi connectivity index (χ2n) is 7.35. The molecule has 0 spiro atoms. The number of rotatable bonds is 3. The summed E-state index contributed by atoms with van der Waals surface area (Å²) < 4.78 is 1.59. The molecule has 0 saturated carbocycles. The Morgan fingerprint density at radius 1 is 0.806 bits per heavy atom. The van der Waals surface area contributed by atoms with Gasteiger partial charge in [-0.15, -0.1) is 0 Å². The molecule has 2 aliphatic heterocycles. The Morgan fingerprint density at radius 2 is 1.48 bits per heavy atom. The van der Waals surface area contributed by atoms with E-state index in [0.717, 1.165) is 8.95 Å². The maximum Gasteiger partial charge on any atom is 0.266 e. The van der Waals surface area contributed by atoms with Crippen molar-refractivity contribution in [2.24, 2.45) is 5.92 Å².